The summed E-state index contributed by atoms with van der Waals surface area (Å²) in [7, 11) is 3.38. The minimum Gasteiger partial charge on any atom is -0.497 e. The number of nitrogens with zero attached hydrogens (tertiary/aromatic N) is 3. The fourth-order valence-electron chi connectivity index (χ4n) is 3.04. The highest BCUT2D eigenvalue weighted by molar-refractivity contribution is 7.99. The summed E-state index contributed by atoms with van der Waals surface area (Å²) in [5.41, 5.74) is 1.21. The van der Waals surface area contributed by atoms with Crippen LogP contribution in [0.3, 0.4) is 0 Å². The van der Waals surface area contributed by atoms with Crippen LogP contribution in [-0.4, -0.2) is 46.0 Å². The van der Waals surface area contributed by atoms with Crippen LogP contribution in [0.4, 0.5) is 5.69 Å². The number of benzene rings is 2. The second-order valence-corrected chi connectivity index (χ2v) is 8.06. The summed E-state index contributed by atoms with van der Waals surface area (Å²) in [5.74, 6) is 1.81. The maximum Gasteiger partial charge on any atom is 0.251 e. The van der Waals surface area contributed by atoms with Crippen LogP contribution < -0.4 is 20.1 Å². The lowest BCUT2D eigenvalue weighted by molar-refractivity contribution is -0.113. The highest BCUT2D eigenvalue weighted by Crippen LogP contribution is 2.21. The van der Waals surface area contributed by atoms with Crippen LogP contribution in [0.15, 0.2) is 53.7 Å². The van der Waals surface area contributed by atoms with Gasteiger partial charge in [0.05, 0.1) is 25.5 Å². The highest BCUT2D eigenvalue weighted by Gasteiger charge is 2.19. The number of anilines is 1. The van der Waals surface area contributed by atoms with E-state index in [0.717, 1.165) is 5.75 Å². The van der Waals surface area contributed by atoms with Crippen molar-refractivity contribution in [1.82, 2.24) is 20.1 Å². The van der Waals surface area contributed by atoms with Gasteiger partial charge < -0.3 is 24.7 Å². The molecule has 0 saturated carbocycles. The van der Waals surface area contributed by atoms with Crippen LogP contribution >= 0.6 is 11.8 Å². The largest absolute Gasteiger partial charge is 0.497 e. The fraction of sp³-hybridized carbons (Fsp3) is 0.304. The van der Waals surface area contributed by atoms with E-state index in [4.69, 9.17) is 9.47 Å². The summed E-state index contributed by atoms with van der Waals surface area (Å²) in [5, 5.41) is 14.7. The van der Waals surface area contributed by atoms with Gasteiger partial charge >= 0.3 is 0 Å². The van der Waals surface area contributed by atoms with E-state index in [9.17, 15) is 9.59 Å². The molecule has 0 spiro atoms. The predicted octanol–water partition coefficient (Wildman–Crippen LogP) is 3.44. The molecule has 0 radical (unpaired) electrons. The molecular formula is C23H27N5O4S. The number of rotatable bonds is 10. The summed E-state index contributed by atoms with van der Waals surface area (Å²) in [6, 6.07) is 13.7. The molecule has 174 valence electrons. The summed E-state index contributed by atoms with van der Waals surface area (Å²) in [6.45, 7) is 4.34. The Bertz CT molecular complexity index is 1080. The number of aromatic nitrogens is 3. The average Bonchev–Trinajstić information content (AvgIpc) is 3.19. The topological polar surface area (TPSA) is 107 Å². The Kier molecular flexibility index (Phi) is 8.31. The van der Waals surface area contributed by atoms with Gasteiger partial charge in [0.15, 0.2) is 11.0 Å². The van der Waals surface area contributed by atoms with Gasteiger partial charge in [-0.1, -0.05) is 11.8 Å². The molecule has 1 aromatic heterocycles. The zero-order valence-corrected chi connectivity index (χ0v) is 19.8. The second-order valence-electron chi connectivity index (χ2n) is 7.12. The number of nitrogens with one attached hydrogen (secondary N) is 2. The lowest BCUT2D eigenvalue weighted by Crippen LogP contribution is -2.28. The molecule has 2 N–H and O–H groups in total. The third-order valence-electron chi connectivity index (χ3n) is 4.74. The Morgan fingerprint density at radius 3 is 2.36 bits per heavy atom. The van der Waals surface area contributed by atoms with Crippen LogP contribution in [0.5, 0.6) is 11.5 Å². The second kappa shape index (κ2) is 11.4. The Morgan fingerprint density at radius 1 is 1.06 bits per heavy atom. The molecule has 0 unspecified atom stereocenters. The molecule has 1 heterocycles. The molecular weight excluding hydrogens is 442 g/mol. The smallest absolute Gasteiger partial charge is 0.251 e. The molecule has 0 aliphatic heterocycles. The molecule has 10 heteroatoms. The van der Waals surface area contributed by atoms with Gasteiger partial charge in [0.25, 0.3) is 5.91 Å². The molecule has 33 heavy (non-hydrogen) atoms. The fourth-order valence-corrected chi connectivity index (χ4v) is 3.76. The molecule has 0 saturated heterocycles. The molecule has 0 fully saturated rings. The number of methoxy groups -OCH3 is 1. The van der Waals surface area contributed by atoms with E-state index >= 15 is 0 Å². The molecule has 9 nitrogen and oxygen atoms in total. The maximum atomic E-state index is 12.5. The van der Waals surface area contributed by atoms with Crippen LogP contribution in [0, 0.1) is 0 Å². The first kappa shape index (κ1) is 24.1. The van der Waals surface area contributed by atoms with Crippen LogP contribution in [0.25, 0.3) is 0 Å². The van der Waals surface area contributed by atoms with Gasteiger partial charge in [-0.05, 0) is 62.4 Å². The summed E-state index contributed by atoms with van der Waals surface area (Å²) in [4.78, 5) is 24.8. The maximum absolute atomic E-state index is 12.5. The van der Waals surface area contributed by atoms with E-state index in [1.165, 1.54) is 11.8 Å². The van der Waals surface area contributed by atoms with Crippen molar-refractivity contribution in [3.05, 3.63) is 59.9 Å². The van der Waals surface area contributed by atoms with Gasteiger partial charge in [-0.25, -0.2) is 0 Å². The highest BCUT2D eigenvalue weighted by atomic mass is 32.2. The molecule has 0 aliphatic rings. The van der Waals surface area contributed by atoms with Crippen LogP contribution in [-0.2, 0) is 11.8 Å². The first-order chi connectivity index (χ1) is 15.9. The van der Waals surface area contributed by atoms with E-state index < -0.39 is 0 Å². The number of hydrogen-bond donors (Lipinski definition) is 2. The number of hydrogen-bond acceptors (Lipinski definition) is 7. The summed E-state index contributed by atoms with van der Waals surface area (Å²) >= 11 is 1.27. The van der Waals surface area contributed by atoms with E-state index in [0.29, 0.717) is 34.6 Å². The molecule has 2 aromatic carbocycles. The van der Waals surface area contributed by atoms with Gasteiger partial charge in [-0.15, -0.1) is 10.2 Å². The molecule has 0 bridgehead atoms. The molecule has 3 rings (SSSR count). The zero-order chi connectivity index (χ0) is 23.8. The number of carbonyl (C=O) groups is 2. The first-order valence-electron chi connectivity index (χ1n) is 10.4. The van der Waals surface area contributed by atoms with E-state index in [1.54, 1.807) is 55.1 Å². The van der Waals surface area contributed by atoms with Crippen molar-refractivity contribution in [2.45, 2.75) is 25.0 Å². The molecule has 1 atom stereocenters. The van der Waals surface area contributed by atoms with Crippen LogP contribution in [0.1, 0.15) is 36.1 Å². The van der Waals surface area contributed by atoms with Crippen molar-refractivity contribution in [1.29, 1.82) is 0 Å². The van der Waals surface area contributed by atoms with Gasteiger partial charge in [-0.2, -0.15) is 0 Å². The van der Waals surface area contributed by atoms with Crippen molar-refractivity contribution in [2.24, 2.45) is 7.05 Å². The van der Waals surface area contributed by atoms with E-state index in [2.05, 4.69) is 20.8 Å². The van der Waals surface area contributed by atoms with E-state index in [1.807, 2.05) is 26.0 Å². The molecule has 0 aliphatic carbocycles. The molecule has 2 amide bonds. The average molecular weight is 470 g/mol. The van der Waals surface area contributed by atoms with Crippen molar-refractivity contribution in [3.8, 4) is 11.5 Å². The minimum atomic E-state index is -0.371. The van der Waals surface area contributed by atoms with Gasteiger partial charge in [0.1, 0.15) is 11.5 Å². The first-order valence-corrected chi connectivity index (χ1v) is 11.4. The third-order valence-corrected chi connectivity index (χ3v) is 5.76. The zero-order valence-electron chi connectivity index (χ0n) is 19.0. The Labute approximate surface area is 196 Å². The van der Waals surface area contributed by atoms with Crippen LogP contribution in [0.2, 0.25) is 0 Å². The monoisotopic (exact) mass is 469 g/mol. The SMILES string of the molecule is CCOc1ccc(NC(=O)CSc2nnc([C@H](C)NC(=O)c3ccc(OC)cc3)n2C)cc1. The number of ether oxygens (including phenoxy) is 2. The van der Waals surface area contributed by atoms with Gasteiger partial charge in [-0.3, -0.25) is 9.59 Å². The number of carbonyl (C=O) groups excluding carboxylic acids is 2. The lowest BCUT2D eigenvalue weighted by Gasteiger charge is -2.14. The van der Waals surface area contributed by atoms with Crippen molar-refractivity contribution in [3.63, 3.8) is 0 Å². The summed E-state index contributed by atoms with van der Waals surface area (Å²) in [6.07, 6.45) is 0. The van der Waals surface area contributed by atoms with Gasteiger partial charge in [0.2, 0.25) is 5.91 Å². The van der Waals surface area contributed by atoms with E-state index in [-0.39, 0.29) is 23.6 Å². The standard InChI is InChI=1S/C23H27N5O4S/c1-5-32-19-12-8-17(9-13-19)25-20(29)14-33-23-27-26-21(28(23)3)15(2)24-22(30)16-6-10-18(31-4)11-7-16/h6-13,15H,5,14H2,1-4H3,(H,24,30)(H,25,29)/t15-/m0/s1. The van der Waals surface area contributed by atoms with Crippen molar-refractivity contribution in [2.75, 3.05) is 24.8 Å². The lowest BCUT2D eigenvalue weighted by atomic mass is 10.2. The van der Waals surface area contributed by atoms with Crippen molar-refractivity contribution >= 4 is 29.3 Å². The van der Waals surface area contributed by atoms with Crippen molar-refractivity contribution < 1.29 is 19.1 Å². The Morgan fingerprint density at radius 2 is 1.73 bits per heavy atom. The minimum absolute atomic E-state index is 0.158. The number of amides is 2. The normalized spacial score (nSPS) is 11.5. The third kappa shape index (κ3) is 6.48. The van der Waals surface area contributed by atoms with Gasteiger partial charge in [0, 0.05) is 18.3 Å². The predicted molar refractivity (Wildman–Crippen MR) is 127 cm³/mol. The molecule has 3 aromatic rings. The number of thioether (sulfide) groups is 1. The Hall–Kier alpha value is -3.53. The quantitative estimate of drug-likeness (QED) is 0.438. The summed E-state index contributed by atoms with van der Waals surface area (Å²) < 4.78 is 12.3. The Balaban J connectivity index is 1.53.